The van der Waals surface area contributed by atoms with Gasteiger partial charge in [0, 0.05) is 5.54 Å². The standard InChI is InChI=1S/C11H19NO4/c1-11(5-3-2-4-6-11)12-9(13)7-16-8-10(14)15/h2-8H2,1H3,(H,12,13)(H,14,15). The van der Waals surface area contributed by atoms with Crippen LogP contribution in [0.3, 0.4) is 0 Å². The SMILES string of the molecule is CC1(NC(=O)COCC(=O)O)CCCCC1. The summed E-state index contributed by atoms with van der Waals surface area (Å²) < 4.78 is 4.73. The number of hydrogen-bond donors (Lipinski definition) is 2. The van der Waals surface area contributed by atoms with E-state index in [4.69, 9.17) is 9.84 Å². The molecular formula is C11H19NO4. The van der Waals surface area contributed by atoms with Gasteiger partial charge in [0.1, 0.15) is 13.2 Å². The Kier molecular flexibility index (Phi) is 4.73. The first-order valence-electron chi connectivity index (χ1n) is 5.62. The fourth-order valence-corrected chi connectivity index (χ4v) is 2.06. The summed E-state index contributed by atoms with van der Waals surface area (Å²) in [4.78, 5) is 21.6. The quantitative estimate of drug-likeness (QED) is 0.735. The second kappa shape index (κ2) is 5.84. The van der Waals surface area contributed by atoms with Gasteiger partial charge < -0.3 is 15.2 Å². The predicted octanol–water partition coefficient (Wildman–Crippen LogP) is 0.927. The number of carbonyl (C=O) groups is 2. The molecule has 92 valence electrons. The molecule has 0 saturated heterocycles. The number of carbonyl (C=O) groups excluding carboxylic acids is 1. The summed E-state index contributed by atoms with van der Waals surface area (Å²) in [6.07, 6.45) is 5.45. The molecule has 0 aromatic rings. The third-order valence-corrected chi connectivity index (χ3v) is 2.86. The summed E-state index contributed by atoms with van der Waals surface area (Å²) in [6.45, 7) is 1.42. The molecule has 0 atom stereocenters. The highest BCUT2D eigenvalue weighted by Crippen LogP contribution is 2.27. The molecule has 1 fully saturated rings. The predicted molar refractivity (Wildman–Crippen MR) is 58.1 cm³/mol. The molecule has 0 aromatic heterocycles. The first-order chi connectivity index (χ1) is 7.52. The summed E-state index contributed by atoms with van der Waals surface area (Å²) in [6, 6.07) is 0. The zero-order chi connectivity index (χ0) is 12.0. The van der Waals surface area contributed by atoms with Crippen molar-refractivity contribution in [3.8, 4) is 0 Å². The molecule has 5 heteroatoms. The number of nitrogens with one attached hydrogen (secondary N) is 1. The van der Waals surface area contributed by atoms with E-state index in [2.05, 4.69) is 5.32 Å². The average Bonchev–Trinajstić information content (AvgIpc) is 2.17. The topological polar surface area (TPSA) is 75.6 Å². The van der Waals surface area contributed by atoms with Gasteiger partial charge in [-0.05, 0) is 19.8 Å². The maximum absolute atomic E-state index is 11.5. The summed E-state index contributed by atoms with van der Waals surface area (Å²) in [5, 5.41) is 11.3. The molecule has 1 saturated carbocycles. The molecule has 0 aromatic carbocycles. The van der Waals surface area contributed by atoms with Gasteiger partial charge in [-0.15, -0.1) is 0 Å². The monoisotopic (exact) mass is 229 g/mol. The Morgan fingerprint density at radius 3 is 2.44 bits per heavy atom. The fraction of sp³-hybridized carbons (Fsp3) is 0.818. The summed E-state index contributed by atoms with van der Waals surface area (Å²) in [5.74, 6) is -1.29. The van der Waals surface area contributed by atoms with Gasteiger partial charge in [-0.25, -0.2) is 4.79 Å². The number of carboxylic acids is 1. The van der Waals surface area contributed by atoms with Crippen molar-refractivity contribution in [1.29, 1.82) is 0 Å². The van der Waals surface area contributed by atoms with Crippen LogP contribution in [0.25, 0.3) is 0 Å². The van der Waals surface area contributed by atoms with Crippen molar-refractivity contribution in [2.75, 3.05) is 13.2 Å². The molecule has 1 rings (SSSR count). The Morgan fingerprint density at radius 2 is 1.88 bits per heavy atom. The van der Waals surface area contributed by atoms with Crippen LogP contribution in [-0.4, -0.2) is 35.7 Å². The van der Waals surface area contributed by atoms with Gasteiger partial charge in [0.2, 0.25) is 5.91 Å². The van der Waals surface area contributed by atoms with E-state index < -0.39 is 12.6 Å². The maximum atomic E-state index is 11.5. The zero-order valence-electron chi connectivity index (χ0n) is 9.62. The maximum Gasteiger partial charge on any atom is 0.329 e. The highest BCUT2D eigenvalue weighted by atomic mass is 16.5. The van der Waals surface area contributed by atoms with Crippen LogP contribution in [0.1, 0.15) is 39.0 Å². The molecule has 0 heterocycles. The van der Waals surface area contributed by atoms with Crippen molar-refractivity contribution in [1.82, 2.24) is 5.32 Å². The fourth-order valence-electron chi connectivity index (χ4n) is 2.06. The Balaban J connectivity index is 2.24. The van der Waals surface area contributed by atoms with Gasteiger partial charge >= 0.3 is 5.97 Å². The molecule has 0 unspecified atom stereocenters. The van der Waals surface area contributed by atoms with Crippen LogP contribution in [0.15, 0.2) is 0 Å². The summed E-state index contributed by atoms with van der Waals surface area (Å²) in [7, 11) is 0. The first kappa shape index (κ1) is 13.0. The third-order valence-electron chi connectivity index (χ3n) is 2.86. The summed E-state index contributed by atoms with van der Waals surface area (Å²) in [5.41, 5.74) is -0.137. The molecular weight excluding hydrogens is 210 g/mol. The number of amides is 1. The highest BCUT2D eigenvalue weighted by Gasteiger charge is 2.28. The molecule has 1 amide bonds. The van der Waals surface area contributed by atoms with E-state index >= 15 is 0 Å². The lowest BCUT2D eigenvalue weighted by Gasteiger charge is -2.34. The number of hydrogen-bond acceptors (Lipinski definition) is 3. The van der Waals surface area contributed by atoms with Gasteiger partial charge in [-0.3, -0.25) is 4.79 Å². The van der Waals surface area contributed by atoms with Crippen LogP contribution >= 0.6 is 0 Å². The minimum Gasteiger partial charge on any atom is -0.480 e. The van der Waals surface area contributed by atoms with Crippen molar-refractivity contribution in [2.45, 2.75) is 44.6 Å². The number of ether oxygens (including phenoxy) is 1. The number of aliphatic carboxylic acids is 1. The molecule has 1 aliphatic rings. The number of rotatable bonds is 5. The Morgan fingerprint density at radius 1 is 1.25 bits per heavy atom. The molecule has 0 bridgehead atoms. The first-order valence-corrected chi connectivity index (χ1v) is 5.62. The second-order valence-corrected chi connectivity index (χ2v) is 4.56. The van der Waals surface area contributed by atoms with Gasteiger partial charge in [-0.2, -0.15) is 0 Å². The zero-order valence-corrected chi connectivity index (χ0v) is 9.62. The van der Waals surface area contributed by atoms with E-state index in [1.807, 2.05) is 6.92 Å². The molecule has 1 aliphatic carbocycles. The van der Waals surface area contributed by atoms with Gasteiger partial charge in [0.15, 0.2) is 0 Å². The van der Waals surface area contributed by atoms with E-state index in [-0.39, 0.29) is 18.1 Å². The molecule has 0 radical (unpaired) electrons. The molecule has 2 N–H and O–H groups in total. The molecule has 0 aliphatic heterocycles. The van der Waals surface area contributed by atoms with Gasteiger partial charge in [0.25, 0.3) is 0 Å². The van der Waals surface area contributed by atoms with Crippen LogP contribution in [0, 0.1) is 0 Å². The molecule has 0 spiro atoms. The van der Waals surface area contributed by atoms with Gasteiger partial charge in [-0.1, -0.05) is 19.3 Å². The van der Waals surface area contributed by atoms with E-state index in [9.17, 15) is 9.59 Å². The Hall–Kier alpha value is -1.10. The molecule has 16 heavy (non-hydrogen) atoms. The smallest absolute Gasteiger partial charge is 0.329 e. The summed E-state index contributed by atoms with van der Waals surface area (Å²) >= 11 is 0. The minimum atomic E-state index is -1.06. The molecule has 5 nitrogen and oxygen atoms in total. The van der Waals surface area contributed by atoms with Crippen LogP contribution < -0.4 is 5.32 Å². The van der Waals surface area contributed by atoms with Gasteiger partial charge in [0.05, 0.1) is 0 Å². The lowest BCUT2D eigenvalue weighted by atomic mass is 9.83. The Bertz CT molecular complexity index is 259. The highest BCUT2D eigenvalue weighted by molar-refractivity contribution is 5.78. The van der Waals surface area contributed by atoms with Crippen molar-refractivity contribution in [3.63, 3.8) is 0 Å². The minimum absolute atomic E-state index is 0.137. The third kappa shape index (κ3) is 4.61. The average molecular weight is 229 g/mol. The van der Waals surface area contributed by atoms with Crippen LogP contribution in [0.5, 0.6) is 0 Å². The van der Waals surface area contributed by atoms with Crippen molar-refractivity contribution < 1.29 is 19.4 Å². The largest absolute Gasteiger partial charge is 0.480 e. The second-order valence-electron chi connectivity index (χ2n) is 4.56. The number of carboxylic acid groups (broad SMARTS) is 1. The lowest BCUT2D eigenvalue weighted by molar-refractivity contribution is -0.143. The van der Waals surface area contributed by atoms with E-state index in [1.165, 1.54) is 6.42 Å². The van der Waals surface area contributed by atoms with Crippen LogP contribution in [0.4, 0.5) is 0 Å². The van der Waals surface area contributed by atoms with E-state index in [0.29, 0.717) is 0 Å². The van der Waals surface area contributed by atoms with Crippen molar-refractivity contribution in [2.24, 2.45) is 0 Å². The lowest BCUT2D eigenvalue weighted by Crippen LogP contribution is -2.48. The van der Waals surface area contributed by atoms with Crippen LogP contribution in [-0.2, 0) is 14.3 Å². The van der Waals surface area contributed by atoms with Crippen molar-refractivity contribution >= 4 is 11.9 Å². The van der Waals surface area contributed by atoms with Crippen LogP contribution in [0.2, 0.25) is 0 Å². The Labute approximate surface area is 95.2 Å². The van der Waals surface area contributed by atoms with E-state index in [0.717, 1.165) is 25.7 Å². The van der Waals surface area contributed by atoms with Crippen molar-refractivity contribution in [3.05, 3.63) is 0 Å². The van der Waals surface area contributed by atoms with E-state index in [1.54, 1.807) is 0 Å². The normalized spacial score (nSPS) is 19.1.